The second kappa shape index (κ2) is 6.52. The van der Waals surface area contributed by atoms with Gasteiger partial charge < -0.3 is 15.0 Å². The smallest absolute Gasteiger partial charge is 0.254 e. The molecule has 1 fully saturated rings. The van der Waals surface area contributed by atoms with Gasteiger partial charge in [0.25, 0.3) is 5.91 Å². The van der Waals surface area contributed by atoms with Crippen LogP contribution in [0.15, 0.2) is 12.1 Å². The van der Waals surface area contributed by atoms with Crippen LogP contribution in [-0.4, -0.2) is 55.2 Å². The third-order valence-corrected chi connectivity index (χ3v) is 3.39. The van der Waals surface area contributed by atoms with Crippen LogP contribution < -0.4 is 5.32 Å². The highest BCUT2D eigenvalue weighted by atomic mass is 35.5. The molecule has 19 heavy (non-hydrogen) atoms. The van der Waals surface area contributed by atoms with Crippen LogP contribution in [-0.2, 0) is 4.74 Å². The lowest BCUT2D eigenvalue weighted by atomic mass is 10.2. The maximum atomic E-state index is 12.0. The van der Waals surface area contributed by atoms with Crippen LogP contribution in [0, 0.1) is 0 Å². The average Bonchev–Trinajstić information content (AvgIpc) is 2.36. The van der Waals surface area contributed by atoms with Gasteiger partial charge in [-0.2, -0.15) is 0 Å². The first-order valence-corrected chi connectivity index (χ1v) is 6.72. The van der Waals surface area contributed by atoms with E-state index in [1.807, 2.05) is 7.05 Å². The molecule has 0 radical (unpaired) electrons. The van der Waals surface area contributed by atoms with E-state index in [1.165, 1.54) is 6.07 Å². The maximum Gasteiger partial charge on any atom is 0.254 e. The van der Waals surface area contributed by atoms with Crippen LogP contribution in [0.4, 0.5) is 0 Å². The number of ether oxygens (including phenoxy) is 1. The summed E-state index contributed by atoms with van der Waals surface area (Å²) in [5, 5.41) is 3.16. The summed E-state index contributed by atoms with van der Waals surface area (Å²) in [5.41, 5.74) is 0.315. The number of aromatic nitrogens is 1. The molecule has 2 rings (SSSR count). The van der Waals surface area contributed by atoms with Crippen LogP contribution in [0.1, 0.15) is 10.4 Å². The second-order valence-corrected chi connectivity index (χ2v) is 5.18. The molecule has 1 aliphatic rings. The zero-order valence-corrected chi connectivity index (χ0v) is 12.0. The van der Waals surface area contributed by atoms with Crippen LogP contribution in [0.25, 0.3) is 0 Å². The lowest BCUT2D eigenvalue weighted by Crippen LogP contribution is -2.45. The average molecular weight is 304 g/mol. The van der Waals surface area contributed by atoms with E-state index in [0.29, 0.717) is 18.7 Å². The molecule has 1 N–H and O–H groups in total. The van der Waals surface area contributed by atoms with Gasteiger partial charge in [-0.1, -0.05) is 23.2 Å². The molecular weight excluding hydrogens is 289 g/mol. The molecule has 1 atom stereocenters. The van der Waals surface area contributed by atoms with Crippen molar-refractivity contribution in [2.45, 2.75) is 6.10 Å². The lowest BCUT2D eigenvalue weighted by molar-refractivity contribution is -0.0175. The number of pyridine rings is 1. The number of hydrogen-bond acceptors (Lipinski definition) is 4. The molecule has 0 spiro atoms. The Morgan fingerprint density at radius 1 is 1.58 bits per heavy atom. The van der Waals surface area contributed by atoms with Crippen molar-refractivity contribution in [3.63, 3.8) is 0 Å². The lowest BCUT2D eigenvalue weighted by Gasteiger charge is -2.30. The van der Waals surface area contributed by atoms with Crippen LogP contribution >= 0.6 is 23.2 Å². The molecular formula is C12H15Cl2N3O2. The molecule has 1 unspecified atom stereocenters. The summed E-state index contributed by atoms with van der Waals surface area (Å²) in [6.45, 7) is 2.84. The number of nitrogens with one attached hydrogen (secondary N) is 1. The SMILES string of the molecule is CN1CCOC(CNC(=O)c2ccc(Cl)nc2Cl)C1. The molecule has 7 heteroatoms. The minimum atomic E-state index is -0.272. The van der Waals surface area contributed by atoms with E-state index in [2.05, 4.69) is 15.2 Å². The summed E-state index contributed by atoms with van der Waals surface area (Å²) in [7, 11) is 2.03. The summed E-state index contributed by atoms with van der Waals surface area (Å²) in [6, 6.07) is 3.09. The minimum Gasteiger partial charge on any atom is -0.374 e. The summed E-state index contributed by atoms with van der Waals surface area (Å²) >= 11 is 11.6. The van der Waals surface area contributed by atoms with E-state index in [9.17, 15) is 4.79 Å². The molecule has 0 aliphatic carbocycles. The van der Waals surface area contributed by atoms with Gasteiger partial charge in [0.15, 0.2) is 0 Å². The molecule has 0 saturated carbocycles. The summed E-state index contributed by atoms with van der Waals surface area (Å²) in [4.78, 5) is 17.9. The van der Waals surface area contributed by atoms with E-state index in [0.717, 1.165) is 13.1 Å². The number of rotatable bonds is 3. The largest absolute Gasteiger partial charge is 0.374 e. The Hall–Kier alpha value is -0.880. The monoisotopic (exact) mass is 303 g/mol. The third-order valence-electron chi connectivity index (χ3n) is 2.89. The Bertz CT molecular complexity index is 470. The quantitative estimate of drug-likeness (QED) is 0.859. The Morgan fingerprint density at radius 2 is 2.37 bits per heavy atom. The molecule has 104 valence electrons. The van der Waals surface area contributed by atoms with Gasteiger partial charge in [-0.25, -0.2) is 4.98 Å². The molecule has 1 saturated heterocycles. The predicted molar refractivity (Wildman–Crippen MR) is 73.8 cm³/mol. The zero-order valence-electron chi connectivity index (χ0n) is 10.5. The van der Waals surface area contributed by atoms with Gasteiger partial charge >= 0.3 is 0 Å². The zero-order chi connectivity index (χ0) is 13.8. The third kappa shape index (κ3) is 4.04. The Kier molecular flexibility index (Phi) is 4.99. The van der Waals surface area contributed by atoms with Crippen molar-refractivity contribution in [2.75, 3.05) is 33.3 Å². The highest BCUT2D eigenvalue weighted by Crippen LogP contribution is 2.16. The van der Waals surface area contributed by atoms with Gasteiger partial charge in [-0.3, -0.25) is 4.79 Å². The number of carbonyl (C=O) groups excluding carboxylic acids is 1. The topological polar surface area (TPSA) is 54.5 Å². The molecule has 0 aromatic carbocycles. The molecule has 0 bridgehead atoms. The Labute approximate surface area is 121 Å². The Balaban J connectivity index is 1.90. The number of carbonyl (C=O) groups is 1. The number of morpholine rings is 1. The summed E-state index contributed by atoms with van der Waals surface area (Å²) < 4.78 is 5.56. The van der Waals surface area contributed by atoms with E-state index in [-0.39, 0.29) is 22.3 Å². The fourth-order valence-electron chi connectivity index (χ4n) is 1.87. The van der Waals surface area contributed by atoms with E-state index in [1.54, 1.807) is 6.07 Å². The number of halogens is 2. The number of nitrogens with zero attached hydrogens (tertiary/aromatic N) is 2. The number of likely N-dealkylation sites (N-methyl/N-ethyl adjacent to an activating group) is 1. The number of hydrogen-bond donors (Lipinski definition) is 1. The summed E-state index contributed by atoms with van der Waals surface area (Å²) in [5.74, 6) is -0.272. The van der Waals surface area contributed by atoms with Crippen molar-refractivity contribution in [3.8, 4) is 0 Å². The molecule has 1 aliphatic heterocycles. The molecule has 2 heterocycles. The van der Waals surface area contributed by atoms with Gasteiger partial charge in [0.05, 0.1) is 18.3 Å². The maximum absolute atomic E-state index is 12.0. The normalized spacial score (nSPS) is 20.3. The predicted octanol–water partition coefficient (Wildman–Crippen LogP) is 1.45. The van der Waals surface area contributed by atoms with Crippen LogP contribution in [0.3, 0.4) is 0 Å². The molecule has 1 aromatic rings. The standard InChI is InChI=1S/C12H15Cl2N3O2/c1-17-4-5-19-8(7-17)6-15-12(18)9-2-3-10(13)16-11(9)14/h2-3,8H,4-7H2,1H3,(H,15,18). The molecule has 1 aromatic heterocycles. The van der Waals surface area contributed by atoms with E-state index in [4.69, 9.17) is 27.9 Å². The Morgan fingerprint density at radius 3 is 3.05 bits per heavy atom. The second-order valence-electron chi connectivity index (χ2n) is 4.44. The van der Waals surface area contributed by atoms with Gasteiger partial charge in [0, 0.05) is 19.6 Å². The highest BCUT2D eigenvalue weighted by molar-refractivity contribution is 6.34. The number of amides is 1. The van der Waals surface area contributed by atoms with Gasteiger partial charge in [0.2, 0.25) is 0 Å². The van der Waals surface area contributed by atoms with Crippen LogP contribution in [0.2, 0.25) is 10.3 Å². The van der Waals surface area contributed by atoms with Crippen molar-refractivity contribution in [1.82, 2.24) is 15.2 Å². The fourth-order valence-corrected chi connectivity index (χ4v) is 2.30. The highest BCUT2D eigenvalue weighted by Gasteiger charge is 2.19. The first kappa shape index (κ1) is 14.5. The fraction of sp³-hybridized carbons (Fsp3) is 0.500. The van der Waals surface area contributed by atoms with Gasteiger partial charge in [-0.05, 0) is 19.2 Å². The summed E-state index contributed by atoms with van der Waals surface area (Å²) in [6.07, 6.45) is 0.00161. The van der Waals surface area contributed by atoms with Crippen molar-refractivity contribution in [3.05, 3.63) is 28.0 Å². The molecule has 5 nitrogen and oxygen atoms in total. The molecule has 1 amide bonds. The van der Waals surface area contributed by atoms with Crippen molar-refractivity contribution < 1.29 is 9.53 Å². The van der Waals surface area contributed by atoms with Crippen molar-refractivity contribution in [2.24, 2.45) is 0 Å². The van der Waals surface area contributed by atoms with E-state index < -0.39 is 0 Å². The first-order valence-electron chi connectivity index (χ1n) is 5.96. The van der Waals surface area contributed by atoms with Gasteiger partial charge in [-0.15, -0.1) is 0 Å². The van der Waals surface area contributed by atoms with E-state index >= 15 is 0 Å². The van der Waals surface area contributed by atoms with Crippen LogP contribution in [0.5, 0.6) is 0 Å². The van der Waals surface area contributed by atoms with Gasteiger partial charge in [0.1, 0.15) is 10.3 Å². The van der Waals surface area contributed by atoms with Crippen molar-refractivity contribution >= 4 is 29.1 Å². The minimum absolute atomic E-state index is 0.00161. The van der Waals surface area contributed by atoms with Crippen molar-refractivity contribution in [1.29, 1.82) is 0 Å². The first-order chi connectivity index (χ1) is 9.06.